The molecule has 2 N–H and O–H groups in total. The molecule has 1 aromatic heterocycles. The highest BCUT2D eigenvalue weighted by Crippen LogP contribution is 2.29. The lowest BCUT2D eigenvalue weighted by molar-refractivity contribution is -0.153. The average molecular weight is 513 g/mol. The first kappa shape index (κ1) is 23.9. The predicted octanol–water partition coefficient (Wildman–Crippen LogP) is 3.76. The summed E-state index contributed by atoms with van der Waals surface area (Å²) in [7, 11) is 3.03. The Hall–Kier alpha value is -2.11. The predicted molar refractivity (Wildman–Crippen MR) is 111 cm³/mol. The number of hydrogen-bond acceptors (Lipinski definition) is 4. The van der Waals surface area contributed by atoms with Crippen LogP contribution in [0.25, 0.3) is 0 Å². The summed E-state index contributed by atoms with van der Waals surface area (Å²) >= 11 is 0. The van der Waals surface area contributed by atoms with Crippen LogP contribution in [0, 0.1) is 0 Å². The van der Waals surface area contributed by atoms with E-state index >= 15 is 0 Å². The van der Waals surface area contributed by atoms with Crippen molar-refractivity contribution in [2.45, 2.75) is 19.1 Å². The van der Waals surface area contributed by atoms with Crippen LogP contribution in [0.3, 0.4) is 0 Å². The van der Waals surface area contributed by atoms with E-state index in [1.54, 1.807) is 25.4 Å². The molecule has 1 heterocycles. The summed E-state index contributed by atoms with van der Waals surface area (Å²) in [6, 6.07) is 8.46. The smallest absolute Gasteiger partial charge is 0.422 e. The summed E-state index contributed by atoms with van der Waals surface area (Å²) in [4.78, 5) is 4.12. The second-order valence-corrected chi connectivity index (χ2v) is 5.57. The maximum absolute atomic E-state index is 12.3. The van der Waals surface area contributed by atoms with E-state index in [0.29, 0.717) is 25.5 Å². The van der Waals surface area contributed by atoms with E-state index in [1.807, 2.05) is 12.1 Å². The molecule has 0 fully saturated rings. The Morgan fingerprint density at radius 3 is 2.57 bits per heavy atom. The minimum absolute atomic E-state index is 0. The second kappa shape index (κ2) is 11.7. The third kappa shape index (κ3) is 8.28. The lowest BCUT2D eigenvalue weighted by Gasteiger charge is -2.15. The van der Waals surface area contributed by atoms with Gasteiger partial charge in [-0.3, -0.25) is 4.99 Å². The molecule has 0 aliphatic heterocycles. The standard InChI is InChI=1S/C18H22F3N3O3.HI/c1-22-17(23-8-7-14-4-3-9-26-14)24-11-13-5-6-15(16(10-13)25-2)27-12-18(19,20)21;/h3-6,9-10H,7-8,11-12H2,1-2H3,(H2,22,23,24);1H. The van der Waals surface area contributed by atoms with Crippen molar-refractivity contribution in [3.05, 3.63) is 47.9 Å². The van der Waals surface area contributed by atoms with Gasteiger partial charge in [0.2, 0.25) is 0 Å². The minimum Gasteiger partial charge on any atom is -0.493 e. The zero-order valence-corrected chi connectivity index (χ0v) is 17.8. The zero-order chi connectivity index (χ0) is 19.7. The lowest BCUT2D eigenvalue weighted by atomic mass is 10.2. The topological polar surface area (TPSA) is 68.0 Å². The summed E-state index contributed by atoms with van der Waals surface area (Å²) in [6.07, 6.45) is -2.07. The Morgan fingerprint density at radius 1 is 1.18 bits per heavy atom. The summed E-state index contributed by atoms with van der Waals surface area (Å²) in [5.74, 6) is 1.74. The number of methoxy groups -OCH3 is 1. The van der Waals surface area contributed by atoms with Gasteiger partial charge in [-0.05, 0) is 29.8 Å². The largest absolute Gasteiger partial charge is 0.493 e. The Bertz CT molecular complexity index is 737. The Labute approximate surface area is 178 Å². The molecule has 2 aromatic rings. The average Bonchev–Trinajstić information content (AvgIpc) is 3.15. The third-order valence-electron chi connectivity index (χ3n) is 3.55. The number of nitrogens with one attached hydrogen (secondary N) is 2. The molecule has 0 unspecified atom stereocenters. The van der Waals surface area contributed by atoms with Gasteiger partial charge in [0.05, 0.1) is 13.4 Å². The van der Waals surface area contributed by atoms with E-state index in [1.165, 1.54) is 13.2 Å². The first-order valence-electron chi connectivity index (χ1n) is 8.24. The van der Waals surface area contributed by atoms with E-state index < -0.39 is 12.8 Å². The molecule has 0 saturated heterocycles. The van der Waals surface area contributed by atoms with Crippen molar-refractivity contribution in [2.75, 3.05) is 27.3 Å². The third-order valence-corrected chi connectivity index (χ3v) is 3.55. The molecule has 0 atom stereocenters. The molecular formula is C18H23F3IN3O3. The van der Waals surface area contributed by atoms with Crippen LogP contribution in [0.15, 0.2) is 46.0 Å². The number of halogens is 4. The fourth-order valence-electron chi connectivity index (χ4n) is 2.27. The number of furan rings is 1. The summed E-state index contributed by atoms with van der Waals surface area (Å²) in [6.45, 7) is -0.315. The fraction of sp³-hybridized carbons (Fsp3) is 0.389. The van der Waals surface area contributed by atoms with Gasteiger partial charge in [0.25, 0.3) is 0 Å². The number of ether oxygens (including phenoxy) is 2. The molecule has 6 nitrogen and oxygen atoms in total. The quantitative estimate of drug-likeness (QED) is 0.320. The molecule has 0 amide bonds. The summed E-state index contributed by atoms with van der Waals surface area (Å²) in [5, 5.41) is 6.28. The maximum Gasteiger partial charge on any atom is 0.422 e. The van der Waals surface area contributed by atoms with Crippen LogP contribution in [0.4, 0.5) is 13.2 Å². The van der Waals surface area contributed by atoms with Crippen molar-refractivity contribution in [3.8, 4) is 11.5 Å². The molecule has 0 radical (unpaired) electrons. The van der Waals surface area contributed by atoms with E-state index in [4.69, 9.17) is 13.9 Å². The van der Waals surface area contributed by atoms with Crippen LogP contribution in [0.1, 0.15) is 11.3 Å². The van der Waals surface area contributed by atoms with Gasteiger partial charge in [-0.15, -0.1) is 24.0 Å². The molecule has 28 heavy (non-hydrogen) atoms. The first-order valence-corrected chi connectivity index (χ1v) is 8.24. The van der Waals surface area contributed by atoms with Crippen LogP contribution in [-0.2, 0) is 13.0 Å². The highest BCUT2D eigenvalue weighted by molar-refractivity contribution is 14.0. The van der Waals surface area contributed by atoms with Gasteiger partial charge < -0.3 is 24.5 Å². The molecule has 1 aromatic carbocycles. The highest BCUT2D eigenvalue weighted by Gasteiger charge is 2.29. The molecule has 0 saturated carbocycles. The Kier molecular flexibility index (Phi) is 9.97. The van der Waals surface area contributed by atoms with E-state index in [2.05, 4.69) is 15.6 Å². The van der Waals surface area contributed by atoms with Gasteiger partial charge in [0.1, 0.15) is 5.76 Å². The SMILES string of the molecule is CN=C(NCCc1ccco1)NCc1ccc(OCC(F)(F)F)c(OC)c1.I. The van der Waals surface area contributed by atoms with Crippen LogP contribution in [-0.4, -0.2) is 39.4 Å². The zero-order valence-electron chi connectivity index (χ0n) is 15.5. The van der Waals surface area contributed by atoms with Crippen LogP contribution < -0.4 is 20.1 Å². The molecular weight excluding hydrogens is 490 g/mol. The molecule has 0 aliphatic carbocycles. The maximum atomic E-state index is 12.3. The summed E-state index contributed by atoms with van der Waals surface area (Å²) < 4.78 is 52.0. The van der Waals surface area contributed by atoms with Crippen molar-refractivity contribution in [3.63, 3.8) is 0 Å². The Balaban J connectivity index is 0.00000392. The normalized spacial score (nSPS) is 11.5. The van der Waals surface area contributed by atoms with Gasteiger partial charge in [0.15, 0.2) is 24.1 Å². The number of hydrogen-bond donors (Lipinski definition) is 2. The summed E-state index contributed by atoms with van der Waals surface area (Å²) in [5.41, 5.74) is 0.806. The van der Waals surface area contributed by atoms with Gasteiger partial charge in [0, 0.05) is 26.6 Å². The molecule has 2 rings (SSSR count). The van der Waals surface area contributed by atoms with Gasteiger partial charge in [-0.25, -0.2) is 0 Å². The number of guanidine groups is 1. The Morgan fingerprint density at radius 2 is 1.96 bits per heavy atom. The van der Waals surface area contributed by atoms with Gasteiger partial charge in [-0.2, -0.15) is 13.2 Å². The van der Waals surface area contributed by atoms with Crippen molar-refractivity contribution < 1.29 is 27.1 Å². The van der Waals surface area contributed by atoms with Crippen LogP contribution in [0.5, 0.6) is 11.5 Å². The lowest BCUT2D eigenvalue weighted by Crippen LogP contribution is -2.37. The van der Waals surface area contributed by atoms with E-state index in [9.17, 15) is 13.2 Å². The van der Waals surface area contributed by atoms with Crippen molar-refractivity contribution >= 4 is 29.9 Å². The number of benzene rings is 1. The highest BCUT2D eigenvalue weighted by atomic mass is 127. The number of alkyl halides is 3. The molecule has 156 valence electrons. The van der Waals surface area contributed by atoms with Crippen LogP contribution in [0.2, 0.25) is 0 Å². The second-order valence-electron chi connectivity index (χ2n) is 5.57. The molecule has 0 aliphatic rings. The number of nitrogens with zero attached hydrogens (tertiary/aromatic N) is 1. The van der Waals surface area contributed by atoms with Crippen molar-refractivity contribution in [2.24, 2.45) is 4.99 Å². The van der Waals surface area contributed by atoms with E-state index in [0.717, 1.165) is 11.3 Å². The van der Waals surface area contributed by atoms with Gasteiger partial charge >= 0.3 is 6.18 Å². The monoisotopic (exact) mass is 513 g/mol. The van der Waals surface area contributed by atoms with E-state index in [-0.39, 0.29) is 35.5 Å². The molecule has 10 heteroatoms. The number of rotatable bonds is 8. The fourth-order valence-corrected chi connectivity index (χ4v) is 2.27. The van der Waals surface area contributed by atoms with Crippen molar-refractivity contribution in [1.29, 1.82) is 0 Å². The van der Waals surface area contributed by atoms with Crippen LogP contribution >= 0.6 is 24.0 Å². The number of aliphatic imine (C=N–C) groups is 1. The minimum atomic E-state index is -4.40. The first-order chi connectivity index (χ1) is 12.9. The van der Waals surface area contributed by atoms with Gasteiger partial charge in [-0.1, -0.05) is 6.07 Å². The van der Waals surface area contributed by atoms with Crippen molar-refractivity contribution in [1.82, 2.24) is 10.6 Å². The molecule has 0 spiro atoms. The molecule has 0 bridgehead atoms.